The van der Waals surface area contributed by atoms with Gasteiger partial charge in [0.05, 0.1) is 20.8 Å². The Hall–Kier alpha value is -3.00. The van der Waals surface area contributed by atoms with Crippen LogP contribution in [0.4, 0.5) is 21.9 Å². The number of aromatic nitrogens is 1. The van der Waals surface area contributed by atoms with Crippen molar-refractivity contribution in [2.24, 2.45) is 0 Å². The van der Waals surface area contributed by atoms with Gasteiger partial charge in [0.2, 0.25) is 0 Å². The minimum absolute atomic E-state index is 0.0642. The van der Waals surface area contributed by atoms with E-state index in [2.05, 4.69) is 10.3 Å². The van der Waals surface area contributed by atoms with E-state index in [4.69, 9.17) is 34.8 Å². The highest BCUT2D eigenvalue weighted by Crippen LogP contribution is 2.32. The topological polar surface area (TPSA) is 68.8 Å². The maximum Gasteiger partial charge on any atom is 0.322 e. The average Bonchev–Trinajstić information content (AvgIpc) is 2.87. The maximum absolute atomic E-state index is 13.0. The van der Waals surface area contributed by atoms with E-state index in [9.17, 15) is 9.59 Å². The predicted molar refractivity (Wildman–Crippen MR) is 137 cm³/mol. The van der Waals surface area contributed by atoms with Gasteiger partial charge in [-0.15, -0.1) is 0 Å². The molecular weight excluding hydrogens is 497 g/mol. The highest BCUT2D eigenvalue weighted by Gasteiger charge is 2.25. The molecule has 176 valence electrons. The molecule has 2 heterocycles. The van der Waals surface area contributed by atoms with Gasteiger partial charge in [-0.05, 0) is 48.5 Å². The molecule has 0 saturated carbocycles. The van der Waals surface area contributed by atoms with Crippen molar-refractivity contribution in [1.82, 2.24) is 14.8 Å². The molecule has 10 heteroatoms. The number of urea groups is 1. The highest BCUT2D eigenvalue weighted by atomic mass is 35.5. The Balaban J connectivity index is 1.33. The minimum Gasteiger partial charge on any atom is -0.345 e. The standard InChI is InChI=1S/C24H22Cl3N5O2/c1-30(18-6-8-28-9-7-18)17-4-2-16(3-5-17)23(33)31-10-12-32(13-11-31)24(34)29-22-15-20(26)19(25)14-21(22)27/h2-9,14-15H,10-13H2,1H3,(H,29,34). The van der Waals surface area contributed by atoms with Gasteiger partial charge in [-0.1, -0.05) is 34.8 Å². The summed E-state index contributed by atoms with van der Waals surface area (Å²) >= 11 is 18.1. The van der Waals surface area contributed by atoms with E-state index in [0.717, 1.165) is 11.4 Å². The smallest absolute Gasteiger partial charge is 0.322 e. The van der Waals surface area contributed by atoms with Gasteiger partial charge in [-0.3, -0.25) is 9.78 Å². The van der Waals surface area contributed by atoms with Crippen LogP contribution >= 0.6 is 34.8 Å². The molecule has 3 aromatic rings. The lowest BCUT2D eigenvalue weighted by Crippen LogP contribution is -2.51. The average molecular weight is 519 g/mol. The summed E-state index contributed by atoms with van der Waals surface area (Å²) in [5.41, 5.74) is 2.96. The summed E-state index contributed by atoms with van der Waals surface area (Å²) in [7, 11) is 1.96. The van der Waals surface area contributed by atoms with Gasteiger partial charge < -0.3 is 20.0 Å². The van der Waals surface area contributed by atoms with Crippen molar-refractivity contribution in [1.29, 1.82) is 0 Å². The van der Waals surface area contributed by atoms with Crippen LogP contribution in [0.25, 0.3) is 0 Å². The molecule has 1 aliphatic rings. The van der Waals surface area contributed by atoms with Gasteiger partial charge in [-0.2, -0.15) is 0 Å². The van der Waals surface area contributed by atoms with Crippen molar-refractivity contribution in [3.05, 3.63) is 81.6 Å². The first-order chi connectivity index (χ1) is 16.3. The first kappa shape index (κ1) is 24.1. The lowest BCUT2D eigenvalue weighted by atomic mass is 10.1. The number of carbonyl (C=O) groups is 2. The molecule has 1 saturated heterocycles. The quantitative estimate of drug-likeness (QED) is 0.443. The zero-order valence-electron chi connectivity index (χ0n) is 18.3. The lowest BCUT2D eigenvalue weighted by Gasteiger charge is -2.35. The van der Waals surface area contributed by atoms with Crippen LogP contribution in [-0.2, 0) is 0 Å². The molecule has 1 aromatic heterocycles. The van der Waals surface area contributed by atoms with E-state index in [1.807, 2.05) is 48.3 Å². The minimum atomic E-state index is -0.309. The van der Waals surface area contributed by atoms with Crippen molar-refractivity contribution in [2.75, 3.05) is 43.4 Å². The third kappa shape index (κ3) is 5.38. The van der Waals surface area contributed by atoms with Gasteiger partial charge in [-0.25, -0.2) is 4.79 Å². The van der Waals surface area contributed by atoms with E-state index in [-0.39, 0.29) is 11.9 Å². The second-order valence-electron chi connectivity index (χ2n) is 7.77. The highest BCUT2D eigenvalue weighted by molar-refractivity contribution is 6.44. The van der Waals surface area contributed by atoms with E-state index in [1.165, 1.54) is 12.1 Å². The zero-order valence-corrected chi connectivity index (χ0v) is 20.6. The number of nitrogens with zero attached hydrogens (tertiary/aromatic N) is 4. The lowest BCUT2D eigenvalue weighted by molar-refractivity contribution is 0.0671. The van der Waals surface area contributed by atoms with Crippen LogP contribution in [0.2, 0.25) is 15.1 Å². The van der Waals surface area contributed by atoms with Gasteiger partial charge >= 0.3 is 6.03 Å². The number of halogens is 3. The van der Waals surface area contributed by atoms with Gasteiger partial charge in [0.15, 0.2) is 0 Å². The van der Waals surface area contributed by atoms with Crippen molar-refractivity contribution in [2.45, 2.75) is 0 Å². The summed E-state index contributed by atoms with van der Waals surface area (Å²) in [6.45, 7) is 1.67. The molecule has 0 radical (unpaired) electrons. The number of rotatable bonds is 4. The first-order valence-corrected chi connectivity index (χ1v) is 11.7. The van der Waals surface area contributed by atoms with Crippen LogP contribution in [0.3, 0.4) is 0 Å². The monoisotopic (exact) mass is 517 g/mol. The Morgan fingerprint density at radius 1 is 0.824 bits per heavy atom. The fourth-order valence-electron chi connectivity index (χ4n) is 3.65. The summed E-state index contributed by atoms with van der Waals surface area (Å²) in [5, 5.41) is 3.67. The molecule has 7 nitrogen and oxygen atoms in total. The number of pyridine rings is 1. The van der Waals surface area contributed by atoms with Gasteiger partial charge in [0.1, 0.15) is 0 Å². The van der Waals surface area contributed by atoms with Crippen molar-refractivity contribution in [3.8, 4) is 0 Å². The van der Waals surface area contributed by atoms with Gasteiger partial charge in [0, 0.05) is 62.6 Å². The van der Waals surface area contributed by atoms with Crippen LogP contribution in [0, 0.1) is 0 Å². The number of amides is 3. The van der Waals surface area contributed by atoms with Crippen LogP contribution in [0.15, 0.2) is 60.9 Å². The number of nitrogens with one attached hydrogen (secondary N) is 1. The Morgan fingerprint density at radius 3 is 2.03 bits per heavy atom. The molecule has 1 N–H and O–H groups in total. The fourth-order valence-corrected chi connectivity index (χ4v) is 4.25. The molecule has 2 aromatic carbocycles. The zero-order chi connectivity index (χ0) is 24.2. The number of carbonyl (C=O) groups excluding carboxylic acids is 2. The van der Waals surface area contributed by atoms with Crippen LogP contribution in [-0.4, -0.2) is 59.9 Å². The normalized spacial score (nSPS) is 13.5. The number of hydrogen-bond acceptors (Lipinski definition) is 4. The van der Waals surface area contributed by atoms with E-state index >= 15 is 0 Å². The molecule has 0 aliphatic carbocycles. The summed E-state index contributed by atoms with van der Waals surface area (Å²) < 4.78 is 0. The maximum atomic E-state index is 13.0. The summed E-state index contributed by atoms with van der Waals surface area (Å²) in [4.78, 5) is 35.1. The molecule has 3 amide bonds. The molecule has 1 aliphatic heterocycles. The molecule has 1 fully saturated rings. The first-order valence-electron chi connectivity index (χ1n) is 10.6. The number of anilines is 3. The molecule has 0 atom stereocenters. The Morgan fingerprint density at radius 2 is 1.38 bits per heavy atom. The Bertz CT molecular complexity index is 1180. The van der Waals surface area contributed by atoms with E-state index in [0.29, 0.717) is 52.5 Å². The summed E-state index contributed by atoms with van der Waals surface area (Å²) in [6.07, 6.45) is 3.48. The number of piperazine rings is 1. The van der Waals surface area contributed by atoms with Crippen molar-refractivity contribution < 1.29 is 9.59 Å². The summed E-state index contributed by atoms with van der Waals surface area (Å²) in [6, 6.07) is 14.0. The molecular formula is C24H22Cl3N5O2. The number of benzene rings is 2. The summed E-state index contributed by atoms with van der Waals surface area (Å²) in [5.74, 6) is -0.0642. The molecule has 34 heavy (non-hydrogen) atoms. The number of hydrogen-bond donors (Lipinski definition) is 1. The largest absolute Gasteiger partial charge is 0.345 e. The molecule has 0 bridgehead atoms. The second kappa shape index (κ2) is 10.5. The van der Waals surface area contributed by atoms with Crippen LogP contribution in [0.5, 0.6) is 0 Å². The second-order valence-corrected chi connectivity index (χ2v) is 8.99. The van der Waals surface area contributed by atoms with Crippen molar-refractivity contribution >= 4 is 63.8 Å². The molecule has 0 unspecified atom stereocenters. The SMILES string of the molecule is CN(c1ccncc1)c1ccc(C(=O)N2CCN(C(=O)Nc3cc(Cl)c(Cl)cc3Cl)CC2)cc1. The van der Waals surface area contributed by atoms with Gasteiger partial charge in [0.25, 0.3) is 5.91 Å². The van der Waals surface area contributed by atoms with E-state index < -0.39 is 0 Å². The third-order valence-electron chi connectivity index (χ3n) is 5.66. The van der Waals surface area contributed by atoms with Crippen molar-refractivity contribution in [3.63, 3.8) is 0 Å². The Labute approximate surface area is 212 Å². The molecule has 0 spiro atoms. The third-order valence-corrected chi connectivity index (χ3v) is 6.69. The Kier molecular flexibility index (Phi) is 7.46. The fraction of sp³-hybridized carbons (Fsp3) is 0.208. The van der Waals surface area contributed by atoms with E-state index in [1.54, 1.807) is 22.2 Å². The predicted octanol–water partition coefficient (Wildman–Crippen LogP) is 5.80. The van der Waals surface area contributed by atoms with Crippen LogP contribution < -0.4 is 10.2 Å². The molecule has 4 rings (SSSR count). The van der Waals surface area contributed by atoms with Crippen LogP contribution in [0.1, 0.15) is 10.4 Å².